The lowest BCUT2D eigenvalue weighted by molar-refractivity contribution is -0.147. The second kappa shape index (κ2) is 4.77. The molecule has 1 N–H and O–H groups in total. The van der Waals surface area contributed by atoms with Crippen LogP contribution in [0.3, 0.4) is 0 Å². The van der Waals surface area contributed by atoms with Crippen LogP contribution in [0.4, 0.5) is 0 Å². The van der Waals surface area contributed by atoms with Crippen LogP contribution in [0.25, 0.3) is 0 Å². The molecule has 1 aliphatic heterocycles. The van der Waals surface area contributed by atoms with Gasteiger partial charge in [0.1, 0.15) is 5.75 Å². The van der Waals surface area contributed by atoms with Crippen molar-refractivity contribution in [1.29, 1.82) is 0 Å². The second-order valence-electron chi connectivity index (χ2n) is 6.30. The monoisotopic (exact) mass is 291 g/mol. The highest BCUT2D eigenvalue weighted by Crippen LogP contribution is 2.30. The normalized spacial score (nSPS) is 24.5. The van der Waals surface area contributed by atoms with Crippen molar-refractivity contribution in [1.82, 2.24) is 4.90 Å². The van der Waals surface area contributed by atoms with Crippen molar-refractivity contribution >= 4 is 21.7 Å². The van der Waals surface area contributed by atoms with Crippen LogP contribution in [0, 0.1) is 5.41 Å². The van der Waals surface area contributed by atoms with Crippen LogP contribution in [0.15, 0.2) is 0 Å². The molecule has 0 aromatic carbocycles. The molecule has 1 rings (SSSR count). The maximum Gasteiger partial charge on any atom is 0.311 e. The van der Waals surface area contributed by atoms with Crippen LogP contribution in [-0.2, 0) is 19.4 Å². The Balaban J connectivity index is 2.76. The summed E-state index contributed by atoms with van der Waals surface area (Å²) in [5.41, 5.74) is -0.971. The Morgan fingerprint density at radius 3 is 2.21 bits per heavy atom. The van der Waals surface area contributed by atoms with Gasteiger partial charge >= 0.3 is 5.97 Å². The van der Waals surface area contributed by atoms with E-state index in [2.05, 4.69) is 0 Å². The number of aliphatic carboxylic acids is 1. The first kappa shape index (κ1) is 15.9. The van der Waals surface area contributed by atoms with E-state index in [0.717, 1.165) is 0 Å². The largest absolute Gasteiger partial charge is 0.481 e. The molecule has 1 fully saturated rings. The van der Waals surface area contributed by atoms with E-state index in [9.17, 15) is 18.0 Å². The molecule has 0 radical (unpaired) electrons. The van der Waals surface area contributed by atoms with Gasteiger partial charge in [-0.3, -0.25) is 9.59 Å². The predicted octanol–water partition coefficient (Wildman–Crippen LogP) is 0.523. The van der Waals surface area contributed by atoms with Gasteiger partial charge in [0.25, 0.3) is 0 Å². The van der Waals surface area contributed by atoms with Gasteiger partial charge in [-0.1, -0.05) is 0 Å². The number of carbonyl (C=O) groups is 2. The summed E-state index contributed by atoms with van der Waals surface area (Å²) in [5, 5.41) is 9.08. The fourth-order valence-corrected chi connectivity index (χ4v) is 2.76. The number of carbonyl (C=O) groups excluding carboxylic acids is 1. The minimum absolute atomic E-state index is 0.0703. The van der Waals surface area contributed by atoms with Crippen molar-refractivity contribution in [3.63, 3.8) is 0 Å². The van der Waals surface area contributed by atoms with Gasteiger partial charge in [0.15, 0.2) is 9.84 Å². The van der Waals surface area contributed by atoms with E-state index in [0.29, 0.717) is 13.0 Å². The zero-order valence-electron chi connectivity index (χ0n) is 11.8. The summed E-state index contributed by atoms with van der Waals surface area (Å²) in [6.45, 7) is 6.56. The molecule has 0 aliphatic carbocycles. The smallest absolute Gasteiger partial charge is 0.311 e. The molecule has 0 aromatic rings. The van der Waals surface area contributed by atoms with Gasteiger partial charge in [0.05, 0.1) is 10.2 Å². The molecule has 6 nitrogen and oxygen atoms in total. The van der Waals surface area contributed by atoms with Crippen molar-refractivity contribution in [2.45, 2.75) is 38.9 Å². The van der Waals surface area contributed by atoms with E-state index in [4.69, 9.17) is 5.11 Å². The molecular formula is C12H21NO5S. The van der Waals surface area contributed by atoms with Crippen LogP contribution in [0.5, 0.6) is 0 Å². The molecule has 110 valence electrons. The van der Waals surface area contributed by atoms with Crippen molar-refractivity contribution in [3.05, 3.63) is 0 Å². The molecule has 0 saturated carbocycles. The van der Waals surface area contributed by atoms with E-state index in [-0.39, 0.29) is 6.54 Å². The fourth-order valence-electron chi connectivity index (χ4n) is 1.82. The first-order chi connectivity index (χ1) is 8.39. The topological polar surface area (TPSA) is 91.8 Å². The van der Waals surface area contributed by atoms with Crippen molar-refractivity contribution in [2.24, 2.45) is 5.41 Å². The molecule has 1 atom stereocenters. The number of likely N-dealkylation sites (tertiary alicyclic amines) is 1. The van der Waals surface area contributed by atoms with E-state index in [1.54, 1.807) is 27.7 Å². The fraction of sp³-hybridized carbons (Fsp3) is 0.833. The molecule has 1 saturated heterocycles. The maximum atomic E-state index is 12.0. The van der Waals surface area contributed by atoms with Crippen LogP contribution >= 0.6 is 0 Å². The third-order valence-corrected chi connectivity index (χ3v) is 6.08. The molecular weight excluding hydrogens is 270 g/mol. The first-order valence-electron chi connectivity index (χ1n) is 6.12. The standard InChI is InChI=1S/C12H21NO5S/c1-11(2,3)19(17,18)7-9(14)13-6-5-12(4,8-13)10(15)16/h5-8H2,1-4H3,(H,15,16). The van der Waals surface area contributed by atoms with E-state index < -0.39 is 37.6 Å². The van der Waals surface area contributed by atoms with Gasteiger partial charge in [0.2, 0.25) is 5.91 Å². The zero-order valence-corrected chi connectivity index (χ0v) is 12.6. The number of carboxylic acids is 1. The summed E-state index contributed by atoms with van der Waals surface area (Å²) in [6, 6.07) is 0. The lowest BCUT2D eigenvalue weighted by Crippen LogP contribution is -2.41. The molecule has 1 aliphatic rings. The highest BCUT2D eigenvalue weighted by molar-refractivity contribution is 7.93. The van der Waals surface area contributed by atoms with Gasteiger partial charge in [-0.2, -0.15) is 0 Å². The second-order valence-corrected chi connectivity index (χ2v) is 9.05. The third kappa shape index (κ3) is 3.26. The van der Waals surface area contributed by atoms with E-state index in [1.807, 2.05) is 0 Å². The van der Waals surface area contributed by atoms with Gasteiger partial charge < -0.3 is 10.0 Å². The molecule has 1 unspecified atom stereocenters. The Bertz CT molecular complexity index is 491. The molecule has 7 heteroatoms. The summed E-state index contributed by atoms with van der Waals surface area (Å²) in [5.74, 6) is -2.03. The summed E-state index contributed by atoms with van der Waals surface area (Å²) in [4.78, 5) is 24.4. The molecule has 0 aromatic heterocycles. The number of sulfone groups is 1. The number of hydrogen-bond donors (Lipinski definition) is 1. The minimum atomic E-state index is -3.53. The van der Waals surface area contributed by atoms with Crippen LogP contribution in [0.2, 0.25) is 0 Å². The minimum Gasteiger partial charge on any atom is -0.481 e. The highest BCUT2D eigenvalue weighted by atomic mass is 32.2. The average Bonchev–Trinajstić information content (AvgIpc) is 2.60. The summed E-state index contributed by atoms with van der Waals surface area (Å²) in [6.07, 6.45) is 0.351. The lowest BCUT2D eigenvalue weighted by atomic mass is 9.90. The van der Waals surface area contributed by atoms with Gasteiger partial charge in [-0.15, -0.1) is 0 Å². The Morgan fingerprint density at radius 1 is 1.32 bits per heavy atom. The Morgan fingerprint density at radius 2 is 1.84 bits per heavy atom. The zero-order chi connectivity index (χ0) is 15.1. The first-order valence-corrected chi connectivity index (χ1v) is 7.78. The predicted molar refractivity (Wildman–Crippen MR) is 70.5 cm³/mol. The van der Waals surface area contributed by atoms with Crippen LogP contribution in [0.1, 0.15) is 34.1 Å². The van der Waals surface area contributed by atoms with Gasteiger partial charge in [-0.05, 0) is 34.1 Å². The Labute approximate surface area is 113 Å². The van der Waals surface area contributed by atoms with Crippen molar-refractivity contribution < 1.29 is 23.1 Å². The van der Waals surface area contributed by atoms with Crippen LogP contribution in [-0.4, -0.2) is 53.9 Å². The molecule has 0 bridgehead atoms. The molecule has 1 amide bonds. The number of hydrogen-bond acceptors (Lipinski definition) is 4. The third-order valence-electron chi connectivity index (χ3n) is 3.59. The summed E-state index contributed by atoms with van der Waals surface area (Å²) in [7, 11) is -3.53. The Kier molecular flexibility index (Phi) is 4.01. The van der Waals surface area contributed by atoms with E-state index >= 15 is 0 Å². The van der Waals surface area contributed by atoms with Crippen LogP contribution < -0.4 is 0 Å². The molecule has 1 heterocycles. The van der Waals surface area contributed by atoms with Crippen molar-refractivity contribution in [2.75, 3.05) is 18.8 Å². The number of nitrogens with zero attached hydrogens (tertiary/aromatic N) is 1. The van der Waals surface area contributed by atoms with E-state index in [1.165, 1.54) is 4.90 Å². The summed E-state index contributed by atoms with van der Waals surface area (Å²) < 4.78 is 22.9. The summed E-state index contributed by atoms with van der Waals surface area (Å²) >= 11 is 0. The quantitative estimate of drug-likeness (QED) is 0.818. The lowest BCUT2D eigenvalue weighted by Gasteiger charge is -2.23. The highest BCUT2D eigenvalue weighted by Gasteiger charge is 2.43. The van der Waals surface area contributed by atoms with Crippen molar-refractivity contribution in [3.8, 4) is 0 Å². The SMILES string of the molecule is CC1(C(=O)O)CCN(C(=O)CS(=O)(=O)C(C)(C)C)C1. The average molecular weight is 291 g/mol. The molecule has 19 heavy (non-hydrogen) atoms. The maximum absolute atomic E-state index is 12.0. The number of amides is 1. The number of carboxylic acid groups (broad SMARTS) is 1. The number of rotatable bonds is 3. The molecule has 0 spiro atoms. The van der Waals surface area contributed by atoms with Gasteiger partial charge in [0, 0.05) is 13.1 Å². The van der Waals surface area contributed by atoms with Gasteiger partial charge in [-0.25, -0.2) is 8.42 Å². The Hall–Kier alpha value is -1.11.